The topological polar surface area (TPSA) is 88.4 Å². The van der Waals surface area contributed by atoms with Crippen molar-refractivity contribution in [1.29, 1.82) is 5.26 Å². The van der Waals surface area contributed by atoms with Crippen molar-refractivity contribution in [2.24, 2.45) is 0 Å². The van der Waals surface area contributed by atoms with E-state index in [0.29, 0.717) is 16.3 Å². The van der Waals surface area contributed by atoms with E-state index in [0.717, 1.165) is 5.56 Å². The molecule has 1 aromatic heterocycles. The molecule has 26 heavy (non-hydrogen) atoms. The Bertz CT molecular complexity index is 813. The molecule has 1 amide bonds. The van der Waals surface area contributed by atoms with Gasteiger partial charge in [0.05, 0.1) is 5.56 Å². The van der Waals surface area contributed by atoms with E-state index >= 15 is 0 Å². The summed E-state index contributed by atoms with van der Waals surface area (Å²) in [5.41, 5.74) is 1.57. The number of carbonyl (C=O) groups excluding carboxylic acids is 2. The third kappa shape index (κ3) is 5.60. The van der Waals surface area contributed by atoms with Crippen LogP contribution in [0.25, 0.3) is 0 Å². The molecule has 2 rings (SSSR count). The summed E-state index contributed by atoms with van der Waals surface area (Å²) in [5.74, 6) is -0.602. The van der Waals surface area contributed by atoms with Crippen LogP contribution >= 0.6 is 11.3 Å². The zero-order valence-electron chi connectivity index (χ0n) is 14.9. The quantitative estimate of drug-likeness (QED) is 0.784. The second kappa shape index (κ2) is 8.50. The van der Waals surface area contributed by atoms with E-state index in [1.165, 1.54) is 11.3 Å². The van der Waals surface area contributed by atoms with Crippen molar-refractivity contribution in [2.75, 3.05) is 18.5 Å². The summed E-state index contributed by atoms with van der Waals surface area (Å²) in [4.78, 5) is 23.5. The van der Waals surface area contributed by atoms with Gasteiger partial charge in [0.2, 0.25) is 0 Å². The summed E-state index contributed by atoms with van der Waals surface area (Å²) >= 11 is 1.23. The van der Waals surface area contributed by atoms with Gasteiger partial charge in [-0.25, -0.2) is 4.79 Å². The van der Waals surface area contributed by atoms with Crippen LogP contribution in [-0.2, 0) is 19.7 Å². The van der Waals surface area contributed by atoms with Gasteiger partial charge in [-0.15, -0.1) is 11.3 Å². The second-order valence-corrected chi connectivity index (χ2v) is 7.46. The predicted octanol–water partition coefficient (Wildman–Crippen LogP) is 3.48. The number of thiophene rings is 1. The van der Waals surface area contributed by atoms with Crippen molar-refractivity contribution in [3.05, 3.63) is 46.8 Å². The molecule has 0 spiro atoms. The van der Waals surface area contributed by atoms with Crippen molar-refractivity contribution in [1.82, 2.24) is 0 Å². The first kappa shape index (κ1) is 19.5. The molecule has 2 aromatic rings. The standard InChI is InChI=1S/C19H20N2O4S/c1-19(2,3)14-4-6-15(7-5-14)24-12-17(23)25-11-16(22)21-18-13(10-20)8-9-26-18/h4-9H,11-12H2,1-3H3,(H,21,22). The molecular weight excluding hydrogens is 352 g/mol. The molecular formula is C19H20N2O4S. The fourth-order valence-electron chi connectivity index (χ4n) is 2.04. The van der Waals surface area contributed by atoms with Crippen LogP contribution in [-0.4, -0.2) is 25.1 Å². The largest absolute Gasteiger partial charge is 0.482 e. The summed E-state index contributed by atoms with van der Waals surface area (Å²) in [6.07, 6.45) is 0. The van der Waals surface area contributed by atoms with E-state index < -0.39 is 18.5 Å². The third-order valence-corrected chi connectivity index (χ3v) is 4.31. The van der Waals surface area contributed by atoms with Crippen molar-refractivity contribution in [3.63, 3.8) is 0 Å². The zero-order valence-corrected chi connectivity index (χ0v) is 15.7. The van der Waals surface area contributed by atoms with E-state index in [1.807, 2.05) is 18.2 Å². The van der Waals surface area contributed by atoms with Gasteiger partial charge in [0.25, 0.3) is 5.91 Å². The Balaban J connectivity index is 1.75. The molecule has 0 aliphatic heterocycles. The van der Waals surface area contributed by atoms with Crippen molar-refractivity contribution >= 4 is 28.2 Å². The average molecular weight is 372 g/mol. The van der Waals surface area contributed by atoms with Gasteiger partial charge in [0.15, 0.2) is 13.2 Å². The Hall–Kier alpha value is -2.85. The maximum Gasteiger partial charge on any atom is 0.344 e. The number of nitrogens with zero attached hydrogens (tertiary/aromatic N) is 1. The number of esters is 1. The number of amides is 1. The molecule has 1 heterocycles. The van der Waals surface area contributed by atoms with Crippen LogP contribution < -0.4 is 10.1 Å². The fraction of sp³-hybridized carbons (Fsp3) is 0.316. The normalized spacial score (nSPS) is 10.7. The Morgan fingerprint density at radius 2 is 1.85 bits per heavy atom. The molecule has 136 valence electrons. The molecule has 6 nitrogen and oxygen atoms in total. The SMILES string of the molecule is CC(C)(C)c1ccc(OCC(=O)OCC(=O)Nc2sccc2C#N)cc1. The highest BCUT2D eigenvalue weighted by Gasteiger charge is 2.14. The fourth-order valence-corrected chi connectivity index (χ4v) is 2.79. The number of rotatable bonds is 6. The first-order chi connectivity index (χ1) is 12.3. The number of nitriles is 1. The monoisotopic (exact) mass is 372 g/mol. The number of anilines is 1. The van der Waals surface area contributed by atoms with Crippen LogP contribution in [0.15, 0.2) is 35.7 Å². The van der Waals surface area contributed by atoms with Gasteiger partial charge in [-0.1, -0.05) is 32.9 Å². The highest BCUT2D eigenvalue weighted by Crippen LogP contribution is 2.24. The van der Waals surface area contributed by atoms with Gasteiger partial charge in [-0.3, -0.25) is 4.79 Å². The Morgan fingerprint density at radius 1 is 1.15 bits per heavy atom. The lowest BCUT2D eigenvalue weighted by molar-refractivity contribution is -0.149. The minimum atomic E-state index is -0.647. The number of carbonyl (C=O) groups is 2. The Labute approximate surface area is 156 Å². The predicted molar refractivity (Wildman–Crippen MR) is 99.3 cm³/mol. The summed E-state index contributed by atoms with van der Waals surface area (Å²) in [6, 6.07) is 11.0. The first-order valence-corrected chi connectivity index (χ1v) is 8.84. The van der Waals surface area contributed by atoms with Crippen LogP contribution in [0, 0.1) is 11.3 Å². The van der Waals surface area contributed by atoms with Crippen LogP contribution in [0.5, 0.6) is 5.75 Å². The summed E-state index contributed by atoms with van der Waals surface area (Å²) in [7, 11) is 0. The molecule has 0 bridgehead atoms. The molecule has 1 N–H and O–H groups in total. The van der Waals surface area contributed by atoms with E-state index in [2.05, 4.69) is 26.1 Å². The van der Waals surface area contributed by atoms with E-state index in [9.17, 15) is 9.59 Å². The van der Waals surface area contributed by atoms with Gasteiger partial charge < -0.3 is 14.8 Å². The lowest BCUT2D eigenvalue weighted by Gasteiger charge is -2.19. The number of hydrogen-bond acceptors (Lipinski definition) is 6. The number of benzene rings is 1. The average Bonchev–Trinajstić information content (AvgIpc) is 3.04. The number of nitrogens with one attached hydrogen (secondary N) is 1. The van der Waals surface area contributed by atoms with E-state index in [1.54, 1.807) is 23.6 Å². The van der Waals surface area contributed by atoms with Crippen molar-refractivity contribution in [2.45, 2.75) is 26.2 Å². The molecule has 0 radical (unpaired) electrons. The van der Waals surface area contributed by atoms with Gasteiger partial charge >= 0.3 is 5.97 Å². The molecule has 0 aliphatic rings. The lowest BCUT2D eigenvalue weighted by Crippen LogP contribution is -2.23. The molecule has 0 aliphatic carbocycles. The summed E-state index contributed by atoms with van der Waals surface area (Å²) in [5, 5.41) is 13.5. The molecule has 7 heteroatoms. The summed E-state index contributed by atoms with van der Waals surface area (Å²) < 4.78 is 10.2. The number of ether oxygens (including phenoxy) is 2. The lowest BCUT2D eigenvalue weighted by atomic mass is 9.87. The van der Waals surface area contributed by atoms with E-state index in [-0.39, 0.29) is 12.0 Å². The molecule has 0 unspecified atom stereocenters. The zero-order chi connectivity index (χ0) is 19.2. The molecule has 0 saturated carbocycles. The molecule has 1 aromatic carbocycles. The smallest absolute Gasteiger partial charge is 0.344 e. The van der Waals surface area contributed by atoms with Crippen LogP contribution in [0.1, 0.15) is 31.9 Å². The van der Waals surface area contributed by atoms with Gasteiger partial charge in [-0.2, -0.15) is 5.26 Å². The molecule has 0 fully saturated rings. The molecule has 0 saturated heterocycles. The van der Waals surface area contributed by atoms with Gasteiger partial charge in [-0.05, 0) is 34.6 Å². The minimum absolute atomic E-state index is 0.0405. The minimum Gasteiger partial charge on any atom is -0.482 e. The van der Waals surface area contributed by atoms with Gasteiger partial charge in [0.1, 0.15) is 16.8 Å². The maximum atomic E-state index is 11.8. The van der Waals surface area contributed by atoms with Crippen LogP contribution in [0.3, 0.4) is 0 Å². The highest BCUT2D eigenvalue weighted by molar-refractivity contribution is 7.14. The summed E-state index contributed by atoms with van der Waals surface area (Å²) in [6.45, 7) is 5.61. The first-order valence-electron chi connectivity index (χ1n) is 7.96. The third-order valence-electron chi connectivity index (χ3n) is 3.48. The maximum absolute atomic E-state index is 11.8. The van der Waals surface area contributed by atoms with Crippen molar-refractivity contribution in [3.8, 4) is 11.8 Å². The molecule has 0 atom stereocenters. The second-order valence-electron chi connectivity index (χ2n) is 6.55. The number of hydrogen-bond donors (Lipinski definition) is 1. The van der Waals surface area contributed by atoms with Crippen LogP contribution in [0.4, 0.5) is 5.00 Å². The van der Waals surface area contributed by atoms with Gasteiger partial charge in [0, 0.05) is 0 Å². The van der Waals surface area contributed by atoms with E-state index in [4.69, 9.17) is 14.7 Å². The Kier molecular flexibility index (Phi) is 6.36. The van der Waals surface area contributed by atoms with Crippen molar-refractivity contribution < 1.29 is 19.1 Å². The Morgan fingerprint density at radius 3 is 2.46 bits per heavy atom. The highest BCUT2D eigenvalue weighted by atomic mass is 32.1. The van der Waals surface area contributed by atoms with Crippen LogP contribution in [0.2, 0.25) is 0 Å².